The van der Waals surface area contributed by atoms with Gasteiger partial charge in [-0.1, -0.05) is 11.6 Å². The van der Waals surface area contributed by atoms with Crippen LogP contribution in [0.2, 0.25) is 5.02 Å². The summed E-state index contributed by atoms with van der Waals surface area (Å²) in [6.45, 7) is 0. The SMILES string of the molecule is O=CC=Cc1ccc(-c2ccc(F)c(Cl)c2)o1. The third-order valence-electron chi connectivity index (χ3n) is 2.17. The maximum absolute atomic E-state index is 13.0. The van der Waals surface area contributed by atoms with Gasteiger partial charge in [0, 0.05) is 5.56 Å². The Labute approximate surface area is 102 Å². The van der Waals surface area contributed by atoms with E-state index in [1.807, 2.05) is 0 Å². The highest BCUT2D eigenvalue weighted by Gasteiger charge is 2.06. The molecule has 0 radical (unpaired) electrons. The summed E-state index contributed by atoms with van der Waals surface area (Å²) in [4.78, 5) is 10.1. The molecule has 0 bridgehead atoms. The lowest BCUT2D eigenvalue weighted by Gasteiger charge is -1.98. The number of hydrogen-bond donors (Lipinski definition) is 0. The molecule has 0 N–H and O–H groups in total. The molecular weight excluding hydrogens is 243 g/mol. The van der Waals surface area contributed by atoms with Gasteiger partial charge in [-0.25, -0.2) is 4.39 Å². The van der Waals surface area contributed by atoms with Crippen LogP contribution in [0.1, 0.15) is 5.76 Å². The van der Waals surface area contributed by atoms with E-state index >= 15 is 0 Å². The summed E-state index contributed by atoms with van der Waals surface area (Å²) >= 11 is 5.68. The Hall–Kier alpha value is -1.87. The second kappa shape index (κ2) is 4.97. The molecule has 0 aliphatic heterocycles. The molecule has 1 aromatic heterocycles. The van der Waals surface area contributed by atoms with Gasteiger partial charge >= 0.3 is 0 Å². The van der Waals surface area contributed by atoms with Crippen molar-refractivity contribution in [3.63, 3.8) is 0 Å². The molecule has 0 amide bonds. The van der Waals surface area contributed by atoms with E-state index in [0.29, 0.717) is 23.4 Å². The topological polar surface area (TPSA) is 30.2 Å². The molecule has 1 heterocycles. The quantitative estimate of drug-likeness (QED) is 0.610. The fourth-order valence-electron chi connectivity index (χ4n) is 1.38. The van der Waals surface area contributed by atoms with Crippen LogP contribution in [0.15, 0.2) is 40.8 Å². The highest BCUT2D eigenvalue weighted by Crippen LogP contribution is 2.26. The molecule has 0 saturated heterocycles. The molecule has 86 valence electrons. The number of halogens is 2. The minimum absolute atomic E-state index is 0.0453. The number of rotatable bonds is 3. The van der Waals surface area contributed by atoms with Gasteiger partial charge in [0.05, 0.1) is 5.02 Å². The second-order valence-corrected chi connectivity index (χ2v) is 3.73. The molecular formula is C13H8ClFO2. The lowest BCUT2D eigenvalue weighted by Crippen LogP contribution is -1.78. The van der Waals surface area contributed by atoms with Gasteiger partial charge in [-0.15, -0.1) is 0 Å². The predicted molar refractivity (Wildman–Crippen MR) is 64.2 cm³/mol. The summed E-state index contributed by atoms with van der Waals surface area (Å²) in [6, 6.07) is 7.79. The minimum atomic E-state index is -0.469. The van der Waals surface area contributed by atoms with Crippen LogP contribution in [0.25, 0.3) is 17.4 Å². The van der Waals surface area contributed by atoms with Gasteiger partial charge in [0.2, 0.25) is 0 Å². The van der Waals surface area contributed by atoms with E-state index in [4.69, 9.17) is 16.0 Å². The molecule has 2 aromatic rings. The smallest absolute Gasteiger partial charge is 0.142 e. The van der Waals surface area contributed by atoms with Crippen LogP contribution in [0, 0.1) is 5.82 Å². The van der Waals surface area contributed by atoms with Gasteiger partial charge in [-0.05, 0) is 42.5 Å². The molecule has 0 spiro atoms. The fourth-order valence-corrected chi connectivity index (χ4v) is 1.56. The Bertz CT molecular complexity index is 573. The lowest BCUT2D eigenvalue weighted by molar-refractivity contribution is -0.104. The van der Waals surface area contributed by atoms with E-state index in [1.54, 1.807) is 24.3 Å². The summed E-state index contributed by atoms with van der Waals surface area (Å²) in [5.74, 6) is 0.646. The van der Waals surface area contributed by atoms with E-state index in [0.717, 1.165) is 0 Å². The monoisotopic (exact) mass is 250 g/mol. The van der Waals surface area contributed by atoms with Crippen LogP contribution in [0.4, 0.5) is 4.39 Å². The molecule has 0 aliphatic carbocycles. The molecule has 0 fully saturated rings. The molecule has 4 heteroatoms. The first-order chi connectivity index (χ1) is 8.20. The first-order valence-electron chi connectivity index (χ1n) is 4.88. The van der Waals surface area contributed by atoms with E-state index < -0.39 is 5.82 Å². The number of furan rings is 1. The molecule has 2 nitrogen and oxygen atoms in total. The van der Waals surface area contributed by atoms with Crippen LogP contribution in [0.3, 0.4) is 0 Å². The normalized spacial score (nSPS) is 10.9. The zero-order valence-corrected chi connectivity index (χ0v) is 9.45. The lowest BCUT2D eigenvalue weighted by atomic mass is 10.2. The number of hydrogen-bond acceptors (Lipinski definition) is 2. The summed E-state index contributed by atoms with van der Waals surface area (Å²) in [5, 5.41) is 0.0453. The molecule has 2 rings (SSSR count). The van der Waals surface area contributed by atoms with Crippen molar-refractivity contribution in [3.8, 4) is 11.3 Å². The Morgan fingerprint density at radius 1 is 1.24 bits per heavy atom. The van der Waals surface area contributed by atoms with Crippen LogP contribution >= 0.6 is 11.6 Å². The molecule has 0 unspecified atom stereocenters. The van der Waals surface area contributed by atoms with Crippen LogP contribution in [-0.2, 0) is 4.79 Å². The maximum Gasteiger partial charge on any atom is 0.142 e. The summed E-state index contributed by atoms with van der Waals surface area (Å²) in [6.07, 6.45) is 3.54. The van der Waals surface area contributed by atoms with Gasteiger partial charge in [0.15, 0.2) is 0 Å². The first kappa shape index (κ1) is 11.6. The van der Waals surface area contributed by atoms with Crippen molar-refractivity contribution in [2.24, 2.45) is 0 Å². The number of carbonyl (C=O) groups is 1. The Morgan fingerprint density at radius 3 is 2.76 bits per heavy atom. The minimum Gasteiger partial charge on any atom is -0.457 e. The van der Waals surface area contributed by atoms with Gasteiger partial charge in [0.1, 0.15) is 23.6 Å². The van der Waals surface area contributed by atoms with Crippen molar-refractivity contribution in [1.82, 2.24) is 0 Å². The standard InChI is InChI=1S/C13H8ClFO2/c14-11-8-9(3-5-12(11)15)13-6-4-10(17-13)2-1-7-16/h1-8H. The number of benzene rings is 1. The number of allylic oxidation sites excluding steroid dienone is 1. The molecule has 1 aromatic carbocycles. The maximum atomic E-state index is 13.0. The van der Waals surface area contributed by atoms with Gasteiger partial charge in [-0.3, -0.25) is 4.79 Å². The third-order valence-corrected chi connectivity index (χ3v) is 2.46. The summed E-state index contributed by atoms with van der Waals surface area (Å²) < 4.78 is 18.4. The highest BCUT2D eigenvalue weighted by molar-refractivity contribution is 6.31. The highest BCUT2D eigenvalue weighted by atomic mass is 35.5. The van der Waals surface area contributed by atoms with E-state index in [9.17, 15) is 9.18 Å². The Kier molecular flexibility index (Phi) is 3.40. The van der Waals surface area contributed by atoms with Gasteiger partial charge < -0.3 is 4.42 Å². The van der Waals surface area contributed by atoms with Crippen LogP contribution < -0.4 is 0 Å². The van der Waals surface area contributed by atoms with Crippen molar-refractivity contribution >= 4 is 24.0 Å². The Balaban J connectivity index is 2.33. The third kappa shape index (κ3) is 2.63. The molecule has 0 aliphatic rings. The number of aldehydes is 1. The molecule has 17 heavy (non-hydrogen) atoms. The number of carbonyl (C=O) groups excluding carboxylic acids is 1. The zero-order chi connectivity index (χ0) is 12.3. The van der Waals surface area contributed by atoms with Crippen molar-refractivity contribution in [3.05, 3.63) is 53.0 Å². The van der Waals surface area contributed by atoms with Crippen molar-refractivity contribution in [2.75, 3.05) is 0 Å². The van der Waals surface area contributed by atoms with Crippen molar-refractivity contribution < 1.29 is 13.6 Å². The zero-order valence-electron chi connectivity index (χ0n) is 8.69. The van der Waals surface area contributed by atoms with Crippen molar-refractivity contribution in [1.29, 1.82) is 0 Å². The van der Waals surface area contributed by atoms with E-state index in [2.05, 4.69) is 0 Å². The van der Waals surface area contributed by atoms with Crippen molar-refractivity contribution in [2.45, 2.75) is 0 Å². The fraction of sp³-hybridized carbons (Fsp3) is 0. The largest absolute Gasteiger partial charge is 0.457 e. The average Bonchev–Trinajstić information content (AvgIpc) is 2.79. The first-order valence-corrected chi connectivity index (χ1v) is 5.25. The second-order valence-electron chi connectivity index (χ2n) is 3.33. The molecule has 0 atom stereocenters. The van der Waals surface area contributed by atoms with Gasteiger partial charge in [-0.2, -0.15) is 0 Å². The summed E-state index contributed by atoms with van der Waals surface area (Å²) in [7, 11) is 0. The summed E-state index contributed by atoms with van der Waals surface area (Å²) in [5.41, 5.74) is 0.683. The molecule has 0 saturated carbocycles. The van der Waals surface area contributed by atoms with Gasteiger partial charge in [0.25, 0.3) is 0 Å². The predicted octanol–water partition coefficient (Wildman–Crippen LogP) is 3.95. The van der Waals surface area contributed by atoms with E-state index in [1.165, 1.54) is 18.2 Å². The Morgan fingerprint density at radius 2 is 2.06 bits per heavy atom. The average molecular weight is 251 g/mol. The van der Waals surface area contributed by atoms with Crippen LogP contribution in [0.5, 0.6) is 0 Å². The van der Waals surface area contributed by atoms with Crippen LogP contribution in [-0.4, -0.2) is 6.29 Å². The van der Waals surface area contributed by atoms with E-state index in [-0.39, 0.29) is 5.02 Å².